The summed E-state index contributed by atoms with van der Waals surface area (Å²) in [6.07, 6.45) is 0. The van der Waals surface area contributed by atoms with E-state index in [1.165, 1.54) is 165 Å². The van der Waals surface area contributed by atoms with Gasteiger partial charge in [0.05, 0.1) is 0 Å². The summed E-state index contributed by atoms with van der Waals surface area (Å²) in [6.45, 7) is 40.2. The minimum atomic E-state index is 0. The molecule has 7 aromatic carbocycles. The molecule has 0 heterocycles. The van der Waals surface area contributed by atoms with Gasteiger partial charge in [-0.15, -0.1) is 0 Å². The van der Waals surface area contributed by atoms with Crippen molar-refractivity contribution >= 4 is 70.3 Å². The van der Waals surface area contributed by atoms with E-state index in [-0.39, 0.29) is 14.9 Å². The van der Waals surface area contributed by atoms with Crippen molar-refractivity contribution in [1.29, 1.82) is 0 Å². The summed E-state index contributed by atoms with van der Waals surface area (Å²) in [5.74, 6) is 0. The Morgan fingerprint density at radius 1 is 0.196 bits per heavy atom. The number of anilines is 1. The number of hydrogen-bond acceptors (Lipinski definition) is 1. The van der Waals surface area contributed by atoms with Crippen molar-refractivity contribution in [3.05, 3.63) is 94.6 Å². The largest absolute Gasteiger partial charge is 0.388 e. The molecule has 0 atom stereocenters. The fourth-order valence-electron chi connectivity index (χ4n) is 10.2. The van der Waals surface area contributed by atoms with E-state index in [1.807, 2.05) is 0 Å². The van der Waals surface area contributed by atoms with E-state index < -0.39 is 0 Å². The van der Waals surface area contributed by atoms with Crippen LogP contribution in [0.5, 0.6) is 0 Å². The van der Waals surface area contributed by atoms with Crippen LogP contribution in [0.25, 0.3) is 64.6 Å². The Kier molecular flexibility index (Phi) is 9.16. The second-order valence-electron chi connectivity index (χ2n) is 15.8. The lowest BCUT2D eigenvalue weighted by molar-refractivity contribution is 1.24. The van der Waals surface area contributed by atoms with Crippen LogP contribution in [-0.2, 0) is 0 Å². The smallest absolute Gasteiger partial charge is 0.0406 e. The Morgan fingerprint density at radius 3 is 0.549 bits per heavy atom. The zero-order valence-electron chi connectivity index (χ0n) is 33.5. The Morgan fingerprint density at radius 2 is 0.353 bits per heavy atom. The molecule has 1 nitrogen and oxygen atoms in total. The first kappa shape index (κ1) is 38.1. The second-order valence-corrected chi connectivity index (χ2v) is 15.8. The number of nitrogens with one attached hydrogen (secondary N) is 1. The first-order valence-corrected chi connectivity index (χ1v) is 18.2. The molecule has 1 heteroatoms. The lowest BCUT2D eigenvalue weighted by atomic mass is 9.75. The molecule has 51 heavy (non-hydrogen) atoms. The molecule has 0 amide bonds. The highest BCUT2D eigenvalue weighted by molar-refractivity contribution is 6.38. The molecule has 7 rings (SSSR count). The van der Waals surface area contributed by atoms with Crippen molar-refractivity contribution in [3.63, 3.8) is 0 Å². The van der Waals surface area contributed by atoms with E-state index in [9.17, 15) is 0 Å². The molecular weight excluding hydrogens is 615 g/mol. The zero-order chi connectivity index (χ0) is 36.0. The van der Waals surface area contributed by atoms with E-state index >= 15 is 0 Å². The fourth-order valence-corrected chi connectivity index (χ4v) is 10.2. The van der Waals surface area contributed by atoms with Crippen LogP contribution in [0.15, 0.2) is 0 Å². The van der Waals surface area contributed by atoms with Crippen LogP contribution >= 0.6 is 0 Å². The van der Waals surface area contributed by atoms with Gasteiger partial charge in [0.15, 0.2) is 0 Å². The van der Waals surface area contributed by atoms with E-state index in [1.54, 1.807) is 0 Å². The number of rotatable bonds is 1. The van der Waals surface area contributed by atoms with Crippen molar-refractivity contribution < 1.29 is 0 Å². The van der Waals surface area contributed by atoms with Gasteiger partial charge in [-0.25, -0.2) is 0 Å². The van der Waals surface area contributed by atoms with Gasteiger partial charge < -0.3 is 5.32 Å². The first-order valence-electron chi connectivity index (χ1n) is 18.2. The van der Waals surface area contributed by atoms with Crippen molar-refractivity contribution in [2.24, 2.45) is 0 Å². The molecule has 0 bridgehead atoms. The van der Waals surface area contributed by atoms with Gasteiger partial charge in [0.25, 0.3) is 0 Å². The second kappa shape index (κ2) is 12.3. The summed E-state index contributed by atoms with van der Waals surface area (Å²) in [5.41, 5.74) is 25.2. The lowest BCUT2D eigenvalue weighted by Gasteiger charge is -2.29. The van der Waals surface area contributed by atoms with Crippen LogP contribution in [0.2, 0.25) is 0 Å². The summed E-state index contributed by atoms with van der Waals surface area (Å²) in [7, 11) is 2.08. The molecule has 0 aromatic heterocycles. The third-order valence-corrected chi connectivity index (χ3v) is 14.1. The number of fused-ring (bicyclic) bond motifs is 12. The van der Waals surface area contributed by atoms with E-state index in [2.05, 4.69) is 130 Å². The minimum Gasteiger partial charge on any atom is -0.388 e. The SMILES string of the molecule is C.C.CNc1c(C)c(C)c2c(c1C)c1c(C)c(C)c(C)c(C)c1c1c(C)c3c4c(C)c(C)c(C)c(C)c4c4c(C)c(C)c(C)c(C)c4c3c(C)c21. The molecule has 0 unspecified atom stereocenters. The molecule has 0 saturated heterocycles. The average Bonchev–Trinajstić information content (AvgIpc) is 3.08. The molecule has 0 aliphatic carbocycles. The van der Waals surface area contributed by atoms with Gasteiger partial charge in [0, 0.05) is 12.7 Å². The number of benzene rings is 7. The predicted molar refractivity (Wildman–Crippen MR) is 235 cm³/mol. The van der Waals surface area contributed by atoms with E-state index in [0.29, 0.717) is 0 Å². The highest BCUT2D eigenvalue weighted by Gasteiger charge is 2.28. The fraction of sp³-hybridized carbons (Fsp3) is 0.400. The third-order valence-electron chi connectivity index (χ3n) is 14.1. The quantitative estimate of drug-likeness (QED) is 0.135. The Balaban J connectivity index is 0.00000252. The van der Waals surface area contributed by atoms with E-state index in [4.69, 9.17) is 0 Å². The normalized spacial score (nSPS) is 11.8. The van der Waals surface area contributed by atoms with Crippen molar-refractivity contribution in [3.8, 4) is 0 Å². The van der Waals surface area contributed by atoms with Crippen LogP contribution < -0.4 is 5.32 Å². The molecule has 268 valence electrons. The van der Waals surface area contributed by atoms with Crippen LogP contribution in [0.1, 0.15) is 109 Å². The predicted octanol–water partition coefficient (Wildman–Crippen LogP) is 15.2. The lowest BCUT2D eigenvalue weighted by Crippen LogP contribution is -2.06. The molecule has 1 N–H and O–H groups in total. The van der Waals surface area contributed by atoms with Crippen molar-refractivity contribution in [2.75, 3.05) is 12.4 Å². The number of hydrogen-bond donors (Lipinski definition) is 1. The Bertz CT molecular complexity index is 2730. The summed E-state index contributed by atoms with van der Waals surface area (Å²) in [4.78, 5) is 0. The monoisotopic (exact) mass is 677 g/mol. The van der Waals surface area contributed by atoms with Gasteiger partial charge >= 0.3 is 0 Å². The summed E-state index contributed by atoms with van der Waals surface area (Å²) < 4.78 is 0. The van der Waals surface area contributed by atoms with Crippen molar-refractivity contribution in [1.82, 2.24) is 0 Å². The van der Waals surface area contributed by atoms with Gasteiger partial charge in [0.2, 0.25) is 0 Å². The van der Waals surface area contributed by atoms with Gasteiger partial charge in [-0.1, -0.05) is 14.9 Å². The molecule has 0 aliphatic heterocycles. The maximum absolute atomic E-state index is 3.62. The Hall–Kier alpha value is -4.10. The maximum Gasteiger partial charge on any atom is 0.0406 e. The molecule has 0 fully saturated rings. The molecule has 0 spiro atoms. The standard InChI is InChI=1S/C48H55N.2CH4/c1-19-21(3)27(9)38-36(25(19)7)37-26(8)20(2)22(4)28(10)39(37)44-34(16)46-42-31(13)32(14)48(49-18)35(17)47(42)41-30(12)24(6)23(5)29(11)40(41)45(46)33(15)43(38)44;;/h49H,1-18H3;2*1H4. The highest BCUT2D eigenvalue weighted by Crippen LogP contribution is 2.53. The van der Waals surface area contributed by atoms with Crippen molar-refractivity contribution in [2.45, 2.75) is 133 Å². The van der Waals surface area contributed by atoms with Gasteiger partial charge in [-0.3, -0.25) is 0 Å². The van der Waals surface area contributed by atoms with Crippen LogP contribution in [-0.4, -0.2) is 7.05 Å². The molecule has 7 aromatic rings. The molecule has 0 radical (unpaired) electrons. The van der Waals surface area contributed by atoms with Gasteiger partial charge in [-0.05, 0) is 277 Å². The summed E-state index contributed by atoms with van der Waals surface area (Å²) in [5, 5.41) is 21.0. The average molecular weight is 678 g/mol. The summed E-state index contributed by atoms with van der Waals surface area (Å²) >= 11 is 0. The highest BCUT2D eigenvalue weighted by atomic mass is 14.8. The molecular formula is C50H63N. The minimum absolute atomic E-state index is 0. The van der Waals surface area contributed by atoms with Crippen LogP contribution in [0.4, 0.5) is 5.69 Å². The topological polar surface area (TPSA) is 12.0 Å². The van der Waals surface area contributed by atoms with E-state index in [0.717, 1.165) is 0 Å². The first-order chi connectivity index (χ1) is 22.9. The van der Waals surface area contributed by atoms with Crippen LogP contribution in [0.3, 0.4) is 0 Å². The zero-order valence-corrected chi connectivity index (χ0v) is 33.5. The number of aryl methyl sites for hydroxylation is 10. The maximum atomic E-state index is 3.62. The Labute approximate surface area is 308 Å². The van der Waals surface area contributed by atoms with Gasteiger partial charge in [0.1, 0.15) is 0 Å². The third kappa shape index (κ3) is 4.39. The molecule has 0 aliphatic rings. The summed E-state index contributed by atoms with van der Waals surface area (Å²) in [6, 6.07) is 0. The molecule has 0 saturated carbocycles. The van der Waals surface area contributed by atoms with Crippen LogP contribution in [0, 0.1) is 118 Å². The van der Waals surface area contributed by atoms with Gasteiger partial charge in [-0.2, -0.15) is 0 Å².